The van der Waals surface area contributed by atoms with Crippen LogP contribution in [0.5, 0.6) is 11.5 Å². The van der Waals surface area contributed by atoms with Crippen LogP contribution >= 0.6 is 11.8 Å². The Morgan fingerprint density at radius 3 is 2.73 bits per heavy atom. The topological polar surface area (TPSA) is 74.1 Å². The van der Waals surface area contributed by atoms with Gasteiger partial charge in [0.15, 0.2) is 11.5 Å². The monoisotopic (exact) mass is 446 g/mol. The second-order valence-corrected chi connectivity index (χ2v) is 7.11. The summed E-state index contributed by atoms with van der Waals surface area (Å²) in [6.07, 6.45) is 1.72. The molecule has 0 amide bonds. The molecule has 1 N–H and O–H groups in total. The molecule has 9 heteroatoms. The molecule has 0 aliphatic heterocycles. The maximum Gasteiger partial charge on any atom is 0.214 e. The third kappa shape index (κ3) is 6.76. The number of aromatic nitrogens is 4. The third-order valence-corrected chi connectivity index (χ3v) is 4.87. The van der Waals surface area contributed by atoms with Gasteiger partial charge < -0.3 is 27.2 Å². The molecule has 0 aliphatic rings. The van der Waals surface area contributed by atoms with E-state index < -0.39 is 0 Å². The van der Waals surface area contributed by atoms with Gasteiger partial charge in [-0.1, -0.05) is 48.7 Å². The molecule has 0 unspecified atom stereocenters. The predicted octanol–water partition coefficient (Wildman–Crippen LogP) is 0.512. The second kappa shape index (κ2) is 12.9. The Morgan fingerprint density at radius 1 is 1.13 bits per heavy atom. The van der Waals surface area contributed by atoms with Crippen LogP contribution in [0.2, 0.25) is 0 Å². The van der Waals surface area contributed by atoms with E-state index in [0.717, 1.165) is 46.7 Å². The molecule has 1 aromatic heterocycles. The second-order valence-electron chi connectivity index (χ2n) is 6.05. The van der Waals surface area contributed by atoms with Crippen molar-refractivity contribution in [2.24, 2.45) is 0 Å². The number of hydrogen-bond acceptors (Lipinski definition) is 7. The summed E-state index contributed by atoms with van der Waals surface area (Å²) in [5.41, 5.74) is 2.09. The molecule has 0 atom stereocenters. The lowest BCUT2D eigenvalue weighted by Crippen LogP contribution is -3.00. The van der Waals surface area contributed by atoms with Gasteiger partial charge >= 0.3 is 0 Å². The number of nitrogens with one attached hydrogen (secondary N) is 1. The average Bonchev–Trinajstić information content (AvgIpc) is 3.22. The van der Waals surface area contributed by atoms with E-state index in [1.165, 1.54) is 0 Å². The Hall–Kier alpha value is -2.55. The Balaban J connectivity index is 0.00000320. The molecule has 3 rings (SSSR count). The molecule has 2 aromatic carbocycles. The van der Waals surface area contributed by atoms with Crippen LogP contribution in [0.15, 0.2) is 66.3 Å². The first-order valence-corrected chi connectivity index (χ1v) is 10.5. The van der Waals surface area contributed by atoms with Crippen LogP contribution in [0.25, 0.3) is 5.69 Å². The van der Waals surface area contributed by atoms with Crippen LogP contribution in [0.4, 0.5) is 0 Å². The van der Waals surface area contributed by atoms with Crippen LogP contribution in [-0.2, 0) is 6.54 Å². The molecule has 160 valence electrons. The van der Waals surface area contributed by atoms with Crippen LogP contribution in [0.3, 0.4) is 0 Å². The summed E-state index contributed by atoms with van der Waals surface area (Å²) in [6.45, 7) is 8.25. The minimum absolute atomic E-state index is 0. The number of benzene rings is 2. The van der Waals surface area contributed by atoms with Gasteiger partial charge in [0.1, 0.15) is 6.61 Å². The van der Waals surface area contributed by atoms with E-state index in [1.807, 2.05) is 55.5 Å². The predicted molar refractivity (Wildman–Crippen MR) is 115 cm³/mol. The lowest BCUT2D eigenvalue weighted by molar-refractivity contribution is -0.00000684. The summed E-state index contributed by atoms with van der Waals surface area (Å²) >= 11 is 1.62. The van der Waals surface area contributed by atoms with Crippen molar-refractivity contribution in [3.63, 3.8) is 0 Å². The van der Waals surface area contributed by atoms with Gasteiger partial charge in [0.2, 0.25) is 5.16 Å². The molecule has 0 spiro atoms. The standard InChI is InChI=1S/C21H25N5O2S.ClH/c1-3-13-28-19-11-10-17(15-20(19)27-4-2)16-22-12-14-29-21-23-24-25-26(21)18-8-6-5-7-9-18;/h3,5-11,15,22H,1,4,12-14,16H2,2H3;1H/p-1. The number of hydrogen-bond donors (Lipinski definition) is 1. The molecule has 0 saturated carbocycles. The van der Waals surface area contributed by atoms with Crippen molar-refractivity contribution in [2.45, 2.75) is 18.6 Å². The largest absolute Gasteiger partial charge is 1.00 e. The highest BCUT2D eigenvalue weighted by Gasteiger charge is 2.09. The maximum atomic E-state index is 5.69. The summed E-state index contributed by atoms with van der Waals surface area (Å²) < 4.78 is 13.1. The Bertz CT molecular complexity index is 907. The number of nitrogens with zero attached hydrogens (tertiary/aromatic N) is 4. The summed E-state index contributed by atoms with van der Waals surface area (Å²) in [4.78, 5) is 0. The minimum Gasteiger partial charge on any atom is -1.00 e. The number of para-hydroxylation sites is 1. The average molecular weight is 447 g/mol. The van der Waals surface area contributed by atoms with Crippen molar-refractivity contribution in [1.82, 2.24) is 25.5 Å². The minimum atomic E-state index is 0. The first-order valence-electron chi connectivity index (χ1n) is 9.48. The lowest BCUT2D eigenvalue weighted by Gasteiger charge is -2.13. The fourth-order valence-electron chi connectivity index (χ4n) is 2.65. The van der Waals surface area contributed by atoms with Crippen molar-refractivity contribution in [1.29, 1.82) is 0 Å². The van der Waals surface area contributed by atoms with Gasteiger partial charge in [-0.2, -0.15) is 4.68 Å². The van der Waals surface area contributed by atoms with Crippen molar-refractivity contribution >= 4 is 11.8 Å². The van der Waals surface area contributed by atoms with Gasteiger partial charge in [0, 0.05) is 18.8 Å². The summed E-state index contributed by atoms with van der Waals surface area (Å²) in [6, 6.07) is 15.9. The van der Waals surface area contributed by atoms with E-state index >= 15 is 0 Å². The van der Waals surface area contributed by atoms with Crippen molar-refractivity contribution in [3.8, 4) is 17.2 Å². The van der Waals surface area contributed by atoms with Crippen molar-refractivity contribution < 1.29 is 21.9 Å². The van der Waals surface area contributed by atoms with Gasteiger partial charge in [-0.15, -0.1) is 5.10 Å². The molecule has 0 aliphatic carbocycles. The first kappa shape index (κ1) is 23.7. The summed E-state index contributed by atoms with van der Waals surface area (Å²) in [5, 5.41) is 16.2. The Morgan fingerprint density at radius 2 is 1.97 bits per heavy atom. The molecule has 1 heterocycles. The van der Waals surface area contributed by atoms with E-state index in [4.69, 9.17) is 9.47 Å². The molecular weight excluding hydrogens is 422 g/mol. The fourth-order valence-corrected chi connectivity index (χ4v) is 3.43. The fraction of sp³-hybridized carbons (Fsp3) is 0.286. The van der Waals surface area contributed by atoms with Gasteiger partial charge in [0.25, 0.3) is 0 Å². The highest BCUT2D eigenvalue weighted by molar-refractivity contribution is 7.99. The molecule has 0 bridgehead atoms. The van der Waals surface area contributed by atoms with Crippen LogP contribution in [-0.4, -0.2) is 45.7 Å². The van der Waals surface area contributed by atoms with Crippen molar-refractivity contribution in [2.75, 3.05) is 25.5 Å². The van der Waals surface area contributed by atoms with E-state index in [2.05, 4.69) is 27.4 Å². The van der Waals surface area contributed by atoms with E-state index in [-0.39, 0.29) is 12.4 Å². The van der Waals surface area contributed by atoms with Gasteiger partial charge in [-0.05, 0) is 47.2 Å². The van der Waals surface area contributed by atoms with Crippen molar-refractivity contribution in [3.05, 3.63) is 66.7 Å². The zero-order valence-electron chi connectivity index (χ0n) is 16.8. The van der Waals surface area contributed by atoms with E-state index in [0.29, 0.717) is 13.2 Å². The smallest absolute Gasteiger partial charge is 0.214 e. The number of halogens is 1. The Kier molecular flexibility index (Phi) is 10.2. The number of thioether (sulfide) groups is 1. The Labute approximate surface area is 187 Å². The van der Waals surface area contributed by atoms with Crippen LogP contribution < -0.4 is 27.2 Å². The normalized spacial score (nSPS) is 10.3. The molecule has 0 radical (unpaired) electrons. The summed E-state index contributed by atoms with van der Waals surface area (Å²) in [7, 11) is 0. The van der Waals surface area contributed by atoms with Gasteiger partial charge in [-0.25, -0.2) is 0 Å². The SMILES string of the molecule is C=CCOc1ccc(CNCCSc2nnnn2-c2ccccc2)cc1OCC.[Cl-]. The van der Waals surface area contributed by atoms with Gasteiger partial charge in [0.05, 0.1) is 12.3 Å². The summed E-state index contributed by atoms with van der Waals surface area (Å²) in [5.74, 6) is 2.34. The molecule has 0 fully saturated rings. The quantitative estimate of drug-likeness (QED) is 0.247. The third-order valence-electron chi connectivity index (χ3n) is 3.95. The van der Waals surface area contributed by atoms with E-state index in [1.54, 1.807) is 22.5 Å². The molecule has 7 nitrogen and oxygen atoms in total. The molecule has 30 heavy (non-hydrogen) atoms. The zero-order valence-corrected chi connectivity index (χ0v) is 18.4. The first-order chi connectivity index (χ1) is 14.3. The number of tetrazole rings is 1. The maximum absolute atomic E-state index is 5.69. The zero-order chi connectivity index (χ0) is 20.3. The molecule has 0 saturated heterocycles. The van der Waals surface area contributed by atoms with E-state index in [9.17, 15) is 0 Å². The molecule has 3 aromatic rings. The highest BCUT2D eigenvalue weighted by atomic mass is 35.5. The van der Waals surface area contributed by atoms with Crippen LogP contribution in [0.1, 0.15) is 12.5 Å². The van der Waals surface area contributed by atoms with Crippen LogP contribution in [0, 0.1) is 0 Å². The molecular formula is C21H25ClN5O2S-. The lowest BCUT2D eigenvalue weighted by atomic mass is 10.2. The number of ether oxygens (including phenoxy) is 2. The van der Waals surface area contributed by atoms with Gasteiger partial charge in [-0.3, -0.25) is 0 Å². The number of rotatable bonds is 12. The highest BCUT2D eigenvalue weighted by Crippen LogP contribution is 2.28.